The van der Waals surface area contributed by atoms with Gasteiger partial charge in [0, 0.05) is 13.2 Å². The molecule has 0 radical (unpaired) electrons. The van der Waals surface area contributed by atoms with Gasteiger partial charge >= 0.3 is 0 Å². The minimum Gasteiger partial charge on any atom is -0.394 e. The van der Waals surface area contributed by atoms with Gasteiger partial charge in [0.15, 0.2) is 17.7 Å². The van der Waals surface area contributed by atoms with Gasteiger partial charge in [0.25, 0.3) is 11.8 Å². The molecule has 1 fully saturated rings. The van der Waals surface area contributed by atoms with E-state index < -0.39 is 24.5 Å². The molecule has 3 aromatic rings. The molecule has 5 rings (SSSR count). The highest BCUT2D eigenvalue weighted by Gasteiger charge is 2.45. The highest BCUT2D eigenvalue weighted by Crippen LogP contribution is 2.34. The van der Waals surface area contributed by atoms with E-state index in [9.17, 15) is 19.8 Å². The number of amides is 2. The van der Waals surface area contributed by atoms with Crippen LogP contribution in [0.2, 0.25) is 0 Å². The molecule has 0 spiro atoms. The number of imidazole rings is 1. The van der Waals surface area contributed by atoms with Crippen LogP contribution in [0.15, 0.2) is 36.9 Å². The number of unbranched alkanes of at least 4 members (excludes halogenated alkanes) is 3. The summed E-state index contributed by atoms with van der Waals surface area (Å²) in [5.74, 6) is -0.245. The molecule has 0 saturated carbocycles. The van der Waals surface area contributed by atoms with Gasteiger partial charge in [-0.1, -0.05) is 25.0 Å². The highest BCUT2D eigenvalue weighted by atomic mass is 16.6. The Bertz CT molecular complexity index is 1230. The molecule has 0 aliphatic carbocycles. The van der Waals surface area contributed by atoms with Crippen LogP contribution in [0.25, 0.3) is 11.2 Å². The number of hydrogen-bond acceptors (Lipinski definition) is 10. The van der Waals surface area contributed by atoms with E-state index in [1.54, 1.807) is 28.8 Å². The van der Waals surface area contributed by atoms with E-state index in [1.807, 2.05) is 0 Å². The summed E-state index contributed by atoms with van der Waals surface area (Å²) in [5, 5.41) is 20.3. The number of nitrogens with two attached hydrogens (primary N) is 1. The number of imide groups is 1. The molecule has 190 valence electrons. The van der Waals surface area contributed by atoms with Crippen molar-refractivity contribution in [1.82, 2.24) is 24.4 Å². The van der Waals surface area contributed by atoms with Gasteiger partial charge in [0.05, 0.1) is 24.1 Å². The van der Waals surface area contributed by atoms with Crippen LogP contribution in [0.4, 0.5) is 5.82 Å². The molecule has 2 amide bonds. The Morgan fingerprint density at radius 1 is 1.03 bits per heavy atom. The number of fused-ring (bicyclic) bond motifs is 2. The number of nitrogen functional groups attached to an aromatic ring is 1. The molecule has 1 aromatic carbocycles. The first-order valence-corrected chi connectivity index (χ1v) is 12.0. The molecule has 4 atom stereocenters. The predicted molar refractivity (Wildman–Crippen MR) is 127 cm³/mol. The molecule has 4 N–H and O–H groups in total. The lowest BCUT2D eigenvalue weighted by Crippen LogP contribution is -2.35. The van der Waals surface area contributed by atoms with E-state index in [4.69, 9.17) is 15.2 Å². The van der Waals surface area contributed by atoms with Gasteiger partial charge < -0.3 is 25.4 Å². The topological polar surface area (TPSA) is 166 Å². The largest absolute Gasteiger partial charge is 0.394 e. The van der Waals surface area contributed by atoms with Gasteiger partial charge in [0.2, 0.25) is 0 Å². The van der Waals surface area contributed by atoms with Crippen molar-refractivity contribution in [2.75, 3.05) is 25.5 Å². The van der Waals surface area contributed by atoms with Crippen LogP contribution in [0.5, 0.6) is 0 Å². The van der Waals surface area contributed by atoms with Crippen molar-refractivity contribution >= 4 is 28.8 Å². The maximum absolute atomic E-state index is 12.4. The normalized spacial score (nSPS) is 23.7. The molecule has 2 aliphatic heterocycles. The fraction of sp³-hybridized carbons (Fsp3) is 0.458. The number of ether oxygens (including phenoxy) is 2. The summed E-state index contributed by atoms with van der Waals surface area (Å²) in [5.41, 5.74) is 7.66. The van der Waals surface area contributed by atoms with Gasteiger partial charge in [-0.15, -0.1) is 0 Å². The lowest BCUT2D eigenvalue weighted by atomic mass is 10.1. The van der Waals surface area contributed by atoms with Gasteiger partial charge in [0.1, 0.15) is 30.2 Å². The number of aromatic nitrogens is 4. The van der Waals surface area contributed by atoms with Crippen molar-refractivity contribution in [2.45, 2.75) is 50.2 Å². The standard InChI is InChI=1S/C24H28N6O6/c25-20-17-21(27-12-26-20)30(13-28-17)24-19(18(32)16(11-31)36-24)35-10-6-2-1-5-9-29-22(33)14-7-3-4-8-15(14)23(29)34/h3-4,7-8,12-13,16,18-19,24,31-32H,1-2,5-6,9-11H2,(H2,25,26,27)/t16-,18+,19?,24-/m1/s1. The van der Waals surface area contributed by atoms with Crippen molar-refractivity contribution in [1.29, 1.82) is 0 Å². The zero-order chi connectivity index (χ0) is 25.2. The van der Waals surface area contributed by atoms with Crippen LogP contribution >= 0.6 is 0 Å². The first-order valence-electron chi connectivity index (χ1n) is 12.0. The Hall–Kier alpha value is -3.45. The maximum atomic E-state index is 12.4. The second-order valence-corrected chi connectivity index (χ2v) is 8.88. The molecule has 2 aliphatic rings. The smallest absolute Gasteiger partial charge is 0.261 e. The third-order valence-electron chi connectivity index (χ3n) is 6.62. The van der Waals surface area contributed by atoms with E-state index in [2.05, 4.69) is 15.0 Å². The van der Waals surface area contributed by atoms with Crippen LogP contribution in [-0.2, 0) is 9.47 Å². The lowest BCUT2D eigenvalue weighted by Gasteiger charge is -2.22. The summed E-state index contributed by atoms with van der Waals surface area (Å²) in [6.45, 7) is 0.372. The zero-order valence-corrected chi connectivity index (χ0v) is 19.6. The number of hydrogen-bond donors (Lipinski definition) is 3. The Kier molecular flexibility index (Phi) is 6.92. The Morgan fingerprint density at radius 3 is 2.47 bits per heavy atom. The summed E-state index contributed by atoms with van der Waals surface area (Å²) in [4.78, 5) is 38.6. The number of carbonyl (C=O) groups excluding carboxylic acids is 2. The number of nitrogens with zero attached hydrogens (tertiary/aromatic N) is 5. The van der Waals surface area contributed by atoms with Gasteiger partial charge in [-0.25, -0.2) is 15.0 Å². The van der Waals surface area contributed by atoms with Crippen molar-refractivity contribution in [3.05, 3.63) is 48.0 Å². The minimum atomic E-state index is -1.04. The van der Waals surface area contributed by atoms with Crippen LogP contribution in [0, 0.1) is 0 Å². The first kappa shape index (κ1) is 24.3. The first-order chi connectivity index (χ1) is 17.5. The summed E-state index contributed by atoms with van der Waals surface area (Å²) in [6, 6.07) is 6.87. The molecular weight excluding hydrogens is 468 g/mol. The predicted octanol–water partition coefficient (Wildman–Crippen LogP) is 0.901. The second kappa shape index (κ2) is 10.3. The van der Waals surface area contributed by atoms with Crippen molar-refractivity contribution in [3.63, 3.8) is 0 Å². The monoisotopic (exact) mass is 496 g/mol. The Labute approximate surface area is 206 Å². The number of benzene rings is 1. The Balaban J connectivity index is 1.11. The number of rotatable bonds is 10. The Morgan fingerprint density at radius 2 is 1.75 bits per heavy atom. The average Bonchev–Trinajstić information content (AvgIpc) is 3.53. The summed E-state index contributed by atoms with van der Waals surface area (Å²) >= 11 is 0. The summed E-state index contributed by atoms with van der Waals surface area (Å²) in [6.07, 6.45) is 2.52. The molecule has 1 unspecified atom stereocenters. The van der Waals surface area contributed by atoms with Crippen LogP contribution in [0.3, 0.4) is 0 Å². The van der Waals surface area contributed by atoms with Crippen molar-refractivity contribution < 1.29 is 29.3 Å². The summed E-state index contributed by atoms with van der Waals surface area (Å²) < 4.78 is 13.5. The number of anilines is 1. The quantitative estimate of drug-likeness (QED) is 0.271. The van der Waals surface area contributed by atoms with Gasteiger partial charge in [-0.2, -0.15) is 0 Å². The summed E-state index contributed by atoms with van der Waals surface area (Å²) in [7, 11) is 0. The van der Waals surface area contributed by atoms with Crippen LogP contribution in [-0.4, -0.2) is 84.5 Å². The van der Waals surface area contributed by atoms with E-state index in [-0.39, 0.29) is 24.2 Å². The van der Waals surface area contributed by atoms with E-state index >= 15 is 0 Å². The average molecular weight is 497 g/mol. The van der Waals surface area contributed by atoms with Crippen molar-refractivity contribution in [3.8, 4) is 0 Å². The highest BCUT2D eigenvalue weighted by molar-refractivity contribution is 6.21. The fourth-order valence-electron chi connectivity index (χ4n) is 4.72. The lowest BCUT2D eigenvalue weighted by molar-refractivity contribution is -0.0711. The maximum Gasteiger partial charge on any atom is 0.261 e. The molecule has 4 heterocycles. The number of aliphatic hydroxyl groups excluding tert-OH is 2. The second-order valence-electron chi connectivity index (χ2n) is 8.88. The third-order valence-corrected chi connectivity index (χ3v) is 6.62. The van der Waals surface area contributed by atoms with Gasteiger partial charge in [-0.3, -0.25) is 19.1 Å². The van der Waals surface area contributed by atoms with Crippen molar-refractivity contribution in [2.24, 2.45) is 0 Å². The molecule has 2 aromatic heterocycles. The number of aliphatic hydroxyl groups is 2. The molecule has 12 nitrogen and oxygen atoms in total. The SMILES string of the molecule is Nc1ncnc2c1ncn2[C@@H]1O[C@H](CO)[C@H](O)C1OCCCCCCN1C(=O)c2ccccc2C1=O. The minimum absolute atomic E-state index is 0.231. The van der Waals surface area contributed by atoms with Crippen LogP contribution < -0.4 is 5.73 Å². The van der Waals surface area contributed by atoms with E-state index in [0.29, 0.717) is 48.3 Å². The molecular formula is C24H28N6O6. The third kappa shape index (κ3) is 4.32. The van der Waals surface area contributed by atoms with E-state index in [0.717, 1.165) is 12.8 Å². The van der Waals surface area contributed by atoms with Crippen LogP contribution in [0.1, 0.15) is 52.6 Å². The molecule has 12 heteroatoms. The molecule has 0 bridgehead atoms. The zero-order valence-electron chi connectivity index (χ0n) is 19.6. The molecule has 1 saturated heterocycles. The van der Waals surface area contributed by atoms with Gasteiger partial charge in [-0.05, 0) is 25.0 Å². The fourth-order valence-corrected chi connectivity index (χ4v) is 4.72. The molecule has 36 heavy (non-hydrogen) atoms. The number of carbonyl (C=O) groups is 2. The van der Waals surface area contributed by atoms with E-state index in [1.165, 1.54) is 17.6 Å².